The maximum absolute atomic E-state index is 11.2. The quantitative estimate of drug-likeness (QED) is 0.758. The highest BCUT2D eigenvalue weighted by Crippen LogP contribution is 2.23. The van der Waals surface area contributed by atoms with Gasteiger partial charge in [-0.25, -0.2) is 0 Å². The highest BCUT2D eigenvalue weighted by Gasteiger charge is 2.08. The van der Waals surface area contributed by atoms with Gasteiger partial charge in [-0.15, -0.1) is 0 Å². The second-order valence-corrected chi connectivity index (χ2v) is 5.03. The van der Waals surface area contributed by atoms with Crippen LogP contribution in [-0.2, 0) is 6.54 Å². The second kappa shape index (κ2) is 5.75. The fraction of sp³-hybridized carbons (Fsp3) is 0.0714. The molecule has 0 fully saturated rings. The molecule has 0 aromatic heterocycles. The molecule has 19 heavy (non-hydrogen) atoms. The van der Waals surface area contributed by atoms with E-state index in [2.05, 4.69) is 21.2 Å². The lowest BCUT2D eigenvalue weighted by atomic mass is 10.1. The summed E-state index contributed by atoms with van der Waals surface area (Å²) < 4.78 is 1.03. The first-order valence-corrected chi connectivity index (χ1v) is 6.54. The Morgan fingerprint density at radius 2 is 1.84 bits per heavy atom. The molecule has 0 aliphatic rings. The number of rotatable bonds is 4. The normalized spacial score (nSPS) is 10.2. The molecule has 98 valence electrons. The Balaban J connectivity index is 2.13. The first-order chi connectivity index (χ1) is 9.08. The second-order valence-electron chi connectivity index (χ2n) is 4.11. The zero-order chi connectivity index (χ0) is 13.8. The van der Waals surface area contributed by atoms with Crippen molar-refractivity contribution in [3.63, 3.8) is 0 Å². The maximum Gasteiger partial charge on any atom is 0.250 e. The summed E-state index contributed by atoms with van der Waals surface area (Å²) in [5, 5.41) is 3.20. The predicted molar refractivity (Wildman–Crippen MR) is 80.8 cm³/mol. The fourth-order valence-corrected chi connectivity index (χ4v) is 2.00. The summed E-state index contributed by atoms with van der Waals surface area (Å²) in [5.74, 6) is -0.523. The first-order valence-electron chi connectivity index (χ1n) is 5.74. The van der Waals surface area contributed by atoms with Crippen LogP contribution in [0, 0.1) is 0 Å². The van der Waals surface area contributed by atoms with Gasteiger partial charge in [-0.1, -0.05) is 34.1 Å². The molecule has 0 saturated heterocycles. The standard InChI is InChI=1S/C14H14BrN3O/c15-10-6-4-9(5-7-10)8-18-12-3-1-2-11(13(12)16)14(17)19/h1-7,18H,8,16H2,(H2,17,19). The number of hydrogen-bond acceptors (Lipinski definition) is 3. The molecule has 0 spiro atoms. The van der Waals surface area contributed by atoms with Gasteiger partial charge < -0.3 is 16.8 Å². The lowest BCUT2D eigenvalue weighted by Gasteiger charge is -2.11. The van der Waals surface area contributed by atoms with E-state index in [-0.39, 0.29) is 0 Å². The van der Waals surface area contributed by atoms with Crippen LogP contribution < -0.4 is 16.8 Å². The van der Waals surface area contributed by atoms with Crippen molar-refractivity contribution >= 4 is 33.2 Å². The summed E-state index contributed by atoms with van der Waals surface area (Å²) in [4.78, 5) is 11.2. The number of nitrogens with one attached hydrogen (secondary N) is 1. The minimum atomic E-state index is -0.523. The van der Waals surface area contributed by atoms with E-state index in [0.717, 1.165) is 10.0 Å². The molecule has 2 rings (SSSR count). The van der Waals surface area contributed by atoms with Gasteiger partial charge in [-0.2, -0.15) is 0 Å². The Kier molecular flexibility index (Phi) is 4.06. The van der Waals surface area contributed by atoms with Crippen molar-refractivity contribution in [2.75, 3.05) is 11.1 Å². The van der Waals surface area contributed by atoms with Crippen LogP contribution in [0.15, 0.2) is 46.9 Å². The zero-order valence-electron chi connectivity index (χ0n) is 10.2. The smallest absolute Gasteiger partial charge is 0.250 e. The Hall–Kier alpha value is -2.01. The van der Waals surface area contributed by atoms with Crippen LogP contribution in [0.2, 0.25) is 0 Å². The van der Waals surface area contributed by atoms with Gasteiger partial charge in [0.25, 0.3) is 5.91 Å². The van der Waals surface area contributed by atoms with Crippen molar-refractivity contribution < 1.29 is 4.79 Å². The van der Waals surface area contributed by atoms with Crippen molar-refractivity contribution in [1.29, 1.82) is 0 Å². The Morgan fingerprint density at radius 3 is 2.47 bits per heavy atom. The number of hydrogen-bond donors (Lipinski definition) is 3. The van der Waals surface area contributed by atoms with E-state index in [9.17, 15) is 4.79 Å². The SMILES string of the molecule is NC(=O)c1cccc(NCc2ccc(Br)cc2)c1N. The lowest BCUT2D eigenvalue weighted by Crippen LogP contribution is -2.14. The first kappa shape index (κ1) is 13.4. The van der Waals surface area contributed by atoms with Gasteiger partial charge in [-0.05, 0) is 29.8 Å². The molecular weight excluding hydrogens is 306 g/mol. The summed E-state index contributed by atoms with van der Waals surface area (Å²) in [7, 11) is 0. The molecule has 0 aliphatic carbocycles. The molecule has 0 saturated carbocycles. The van der Waals surface area contributed by atoms with Crippen LogP contribution in [0.1, 0.15) is 15.9 Å². The number of nitrogens with two attached hydrogens (primary N) is 2. The Bertz CT molecular complexity index is 596. The molecule has 0 heterocycles. The van der Waals surface area contributed by atoms with Gasteiger partial charge in [0, 0.05) is 11.0 Å². The summed E-state index contributed by atoms with van der Waals surface area (Å²) >= 11 is 3.39. The molecule has 0 bridgehead atoms. The third-order valence-electron chi connectivity index (χ3n) is 2.77. The van der Waals surface area contributed by atoms with Crippen molar-refractivity contribution in [2.24, 2.45) is 5.73 Å². The van der Waals surface area contributed by atoms with Crippen molar-refractivity contribution in [2.45, 2.75) is 6.54 Å². The molecule has 0 atom stereocenters. The van der Waals surface area contributed by atoms with Crippen LogP contribution in [0.25, 0.3) is 0 Å². The lowest BCUT2D eigenvalue weighted by molar-refractivity contribution is 0.100. The molecule has 0 unspecified atom stereocenters. The minimum absolute atomic E-state index is 0.334. The van der Waals surface area contributed by atoms with Crippen LogP contribution in [0.3, 0.4) is 0 Å². The van der Waals surface area contributed by atoms with E-state index in [1.165, 1.54) is 0 Å². The van der Waals surface area contributed by atoms with E-state index < -0.39 is 5.91 Å². The molecule has 0 radical (unpaired) electrons. The van der Waals surface area contributed by atoms with E-state index in [0.29, 0.717) is 23.5 Å². The molecule has 4 nitrogen and oxygen atoms in total. The molecule has 2 aromatic carbocycles. The predicted octanol–water partition coefficient (Wildman–Crippen LogP) is 2.74. The molecule has 1 amide bonds. The van der Waals surface area contributed by atoms with Gasteiger partial charge in [0.2, 0.25) is 0 Å². The largest absolute Gasteiger partial charge is 0.396 e. The fourth-order valence-electron chi connectivity index (χ4n) is 1.73. The Labute approximate surface area is 119 Å². The average molecular weight is 320 g/mol. The highest BCUT2D eigenvalue weighted by atomic mass is 79.9. The number of anilines is 2. The average Bonchev–Trinajstić information content (AvgIpc) is 2.39. The number of amides is 1. The summed E-state index contributed by atoms with van der Waals surface area (Å²) in [6.07, 6.45) is 0. The summed E-state index contributed by atoms with van der Waals surface area (Å²) in [5.41, 5.74) is 13.7. The molecular formula is C14H14BrN3O. The number of benzene rings is 2. The molecule has 2 aromatic rings. The molecule has 0 aliphatic heterocycles. The van der Waals surface area contributed by atoms with Gasteiger partial charge >= 0.3 is 0 Å². The minimum Gasteiger partial charge on any atom is -0.396 e. The number of para-hydroxylation sites is 1. The number of carbonyl (C=O) groups is 1. The van der Waals surface area contributed by atoms with Crippen LogP contribution in [-0.4, -0.2) is 5.91 Å². The van der Waals surface area contributed by atoms with E-state index in [4.69, 9.17) is 11.5 Å². The molecule has 5 heteroatoms. The Morgan fingerprint density at radius 1 is 1.16 bits per heavy atom. The van der Waals surface area contributed by atoms with E-state index in [1.54, 1.807) is 12.1 Å². The van der Waals surface area contributed by atoms with Gasteiger partial charge in [-0.3, -0.25) is 4.79 Å². The maximum atomic E-state index is 11.2. The molecule has 5 N–H and O–H groups in total. The van der Waals surface area contributed by atoms with Crippen molar-refractivity contribution in [1.82, 2.24) is 0 Å². The number of nitrogen functional groups attached to an aromatic ring is 1. The summed E-state index contributed by atoms with van der Waals surface area (Å²) in [6.45, 7) is 0.625. The van der Waals surface area contributed by atoms with E-state index in [1.807, 2.05) is 30.3 Å². The highest BCUT2D eigenvalue weighted by molar-refractivity contribution is 9.10. The van der Waals surface area contributed by atoms with Gasteiger partial charge in [0.05, 0.1) is 16.9 Å². The number of primary amides is 1. The monoisotopic (exact) mass is 319 g/mol. The zero-order valence-corrected chi connectivity index (χ0v) is 11.8. The van der Waals surface area contributed by atoms with Crippen LogP contribution in [0.5, 0.6) is 0 Å². The number of carbonyl (C=O) groups excluding carboxylic acids is 1. The summed E-state index contributed by atoms with van der Waals surface area (Å²) in [6, 6.07) is 13.1. The number of halogens is 1. The van der Waals surface area contributed by atoms with Crippen LogP contribution in [0.4, 0.5) is 11.4 Å². The third kappa shape index (κ3) is 3.26. The third-order valence-corrected chi connectivity index (χ3v) is 3.30. The topological polar surface area (TPSA) is 81.1 Å². The van der Waals surface area contributed by atoms with Gasteiger partial charge in [0.15, 0.2) is 0 Å². The van der Waals surface area contributed by atoms with Crippen LogP contribution >= 0.6 is 15.9 Å². The van der Waals surface area contributed by atoms with E-state index >= 15 is 0 Å². The van der Waals surface area contributed by atoms with Crippen molar-refractivity contribution in [3.8, 4) is 0 Å². The van der Waals surface area contributed by atoms with Crippen molar-refractivity contribution in [3.05, 3.63) is 58.1 Å². The van der Waals surface area contributed by atoms with Gasteiger partial charge in [0.1, 0.15) is 0 Å².